The normalized spacial score (nSPS) is 15.4. The maximum Gasteiger partial charge on any atom is 0.165 e. The van der Waals surface area contributed by atoms with E-state index in [0.717, 1.165) is 40.1 Å². The van der Waals surface area contributed by atoms with Crippen LogP contribution < -0.4 is 4.74 Å². The molecule has 0 unspecified atom stereocenters. The number of hydrogen-bond acceptors (Lipinski definition) is 3. The van der Waals surface area contributed by atoms with Crippen molar-refractivity contribution in [3.8, 4) is 17.0 Å². The quantitative estimate of drug-likeness (QED) is 0.697. The van der Waals surface area contributed by atoms with Gasteiger partial charge in [0.1, 0.15) is 0 Å². The highest BCUT2D eigenvalue weighted by Crippen LogP contribution is 2.40. The molecule has 2 heterocycles. The van der Waals surface area contributed by atoms with Gasteiger partial charge in [-0.1, -0.05) is 19.9 Å². The fourth-order valence-corrected chi connectivity index (χ4v) is 4.09. The molecule has 0 radical (unpaired) electrons. The lowest BCUT2D eigenvalue weighted by atomic mass is 9.75. The Balaban J connectivity index is 1.85. The number of rotatable bonds is 4. The molecule has 5 heteroatoms. The number of halogens is 1. The SMILES string of the molecule is COc1cc(Cc2c(-c3ccncc3)[nH]c3c2C(=O)CC(C)(C)C3)ccc1F. The van der Waals surface area contributed by atoms with Gasteiger partial charge in [0.15, 0.2) is 17.3 Å². The Morgan fingerprint density at radius 1 is 1.18 bits per heavy atom. The monoisotopic (exact) mass is 378 g/mol. The van der Waals surface area contributed by atoms with Gasteiger partial charge in [0.25, 0.3) is 0 Å². The molecule has 0 saturated heterocycles. The van der Waals surface area contributed by atoms with Crippen molar-refractivity contribution in [1.82, 2.24) is 9.97 Å². The van der Waals surface area contributed by atoms with Gasteiger partial charge in [0, 0.05) is 42.1 Å². The van der Waals surface area contributed by atoms with E-state index in [1.807, 2.05) is 12.1 Å². The van der Waals surface area contributed by atoms with E-state index in [9.17, 15) is 9.18 Å². The fraction of sp³-hybridized carbons (Fsp3) is 0.304. The predicted octanol–water partition coefficient (Wildman–Crippen LogP) is 4.97. The first-order chi connectivity index (χ1) is 13.4. The van der Waals surface area contributed by atoms with Gasteiger partial charge >= 0.3 is 0 Å². The second kappa shape index (κ2) is 6.89. The number of aromatic nitrogens is 2. The van der Waals surface area contributed by atoms with Crippen LogP contribution in [0.5, 0.6) is 5.75 Å². The summed E-state index contributed by atoms with van der Waals surface area (Å²) in [5.41, 5.74) is 5.47. The molecule has 144 valence electrons. The molecule has 2 aromatic heterocycles. The second-order valence-corrected chi connectivity index (χ2v) is 8.15. The van der Waals surface area contributed by atoms with Crippen molar-refractivity contribution in [3.05, 3.63) is 70.9 Å². The Kier molecular flexibility index (Phi) is 4.53. The van der Waals surface area contributed by atoms with E-state index in [-0.39, 0.29) is 16.9 Å². The van der Waals surface area contributed by atoms with Gasteiger partial charge in [0.05, 0.1) is 12.8 Å². The number of carbonyl (C=O) groups excluding carboxylic acids is 1. The van der Waals surface area contributed by atoms with Crippen molar-refractivity contribution in [1.29, 1.82) is 0 Å². The van der Waals surface area contributed by atoms with Crippen LogP contribution in [0.4, 0.5) is 4.39 Å². The van der Waals surface area contributed by atoms with Crippen LogP contribution in [0.2, 0.25) is 0 Å². The minimum absolute atomic E-state index is 0.0686. The van der Waals surface area contributed by atoms with Crippen LogP contribution in [0.1, 0.15) is 47.4 Å². The standard InChI is InChI=1S/C23H23FN2O2/c1-23(2)12-18-21(19(27)13-23)16(22(26-18)15-6-8-25-9-7-15)10-14-4-5-17(24)20(11-14)28-3/h4-9,11,26H,10,12-13H2,1-3H3. The van der Waals surface area contributed by atoms with Gasteiger partial charge in [-0.25, -0.2) is 4.39 Å². The van der Waals surface area contributed by atoms with E-state index in [4.69, 9.17) is 4.74 Å². The molecule has 1 N–H and O–H groups in total. The van der Waals surface area contributed by atoms with Crippen LogP contribution in [0.25, 0.3) is 11.3 Å². The minimum atomic E-state index is -0.394. The molecule has 1 aliphatic carbocycles. The molecular formula is C23H23FN2O2. The number of Topliss-reactive ketones (excluding diaryl/α,β-unsaturated/α-hetero) is 1. The van der Waals surface area contributed by atoms with Crippen LogP contribution in [-0.4, -0.2) is 22.9 Å². The summed E-state index contributed by atoms with van der Waals surface area (Å²) in [4.78, 5) is 20.6. The topological polar surface area (TPSA) is 55.0 Å². The van der Waals surface area contributed by atoms with Crippen molar-refractivity contribution < 1.29 is 13.9 Å². The summed E-state index contributed by atoms with van der Waals surface area (Å²) in [7, 11) is 1.45. The number of fused-ring (bicyclic) bond motifs is 1. The van der Waals surface area contributed by atoms with Gasteiger partial charge < -0.3 is 9.72 Å². The van der Waals surface area contributed by atoms with Crippen LogP contribution >= 0.6 is 0 Å². The zero-order chi connectivity index (χ0) is 19.9. The number of H-pyrrole nitrogens is 1. The highest BCUT2D eigenvalue weighted by Gasteiger charge is 2.35. The number of nitrogens with one attached hydrogen (secondary N) is 1. The molecule has 0 saturated carbocycles. The summed E-state index contributed by atoms with van der Waals surface area (Å²) in [5, 5.41) is 0. The lowest BCUT2D eigenvalue weighted by Crippen LogP contribution is -2.27. The first-order valence-corrected chi connectivity index (χ1v) is 9.38. The van der Waals surface area contributed by atoms with Gasteiger partial charge in [-0.05, 0) is 47.2 Å². The molecule has 3 aromatic rings. The number of hydrogen-bond donors (Lipinski definition) is 1. The van der Waals surface area contributed by atoms with Crippen LogP contribution in [0.15, 0.2) is 42.7 Å². The third-order valence-corrected chi connectivity index (χ3v) is 5.32. The summed E-state index contributed by atoms with van der Waals surface area (Å²) in [6, 6.07) is 8.71. The number of carbonyl (C=O) groups is 1. The zero-order valence-electron chi connectivity index (χ0n) is 16.3. The molecule has 0 bridgehead atoms. The summed E-state index contributed by atoms with van der Waals surface area (Å²) in [6.45, 7) is 4.23. The predicted molar refractivity (Wildman–Crippen MR) is 106 cm³/mol. The number of aromatic amines is 1. The van der Waals surface area contributed by atoms with Crippen LogP contribution in [-0.2, 0) is 12.8 Å². The third kappa shape index (κ3) is 3.33. The first-order valence-electron chi connectivity index (χ1n) is 9.38. The van der Waals surface area contributed by atoms with Crippen LogP contribution in [0, 0.1) is 11.2 Å². The lowest BCUT2D eigenvalue weighted by molar-refractivity contribution is 0.0911. The van der Waals surface area contributed by atoms with Gasteiger partial charge in [-0.15, -0.1) is 0 Å². The Hall–Kier alpha value is -2.95. The van der Waals surface area contributed by atoms with Gasteiger partial charge in [-0.3, -0.25) is 9.78 Å². The zero-order valence-corrected chi connectivity index (χ0v) is 16.3. The molecule has 4 nitrogen and oxygen atoms in total. The van der Waals surface area contributed by atoms with E-state index in [1.54, 1.807) is 24.5 Å². The van der Waals surface area contributed by atoms with Gasteiger partial charge in [0.2, 0.25) is 0 Å². The molecule has 1 aromatic carbocycles. The number of ketones is 1. The summed E-state index contributed by atoms with van der Waals surface area (Å²) in [6.07, 6.45) is 5.34. The van der Waals surface area contributed by atoms with E-state index < -0.39 is 5.82 Å². The Morgan fingerprint density at radius 3 is 2.64 bits per heavy atom. The lowest BCUT2D eigenvalue weighted by Gasteiger charge is -2.28. The molecule has 1 aliphatic rings. The van der Waals surface area contributed by atoms with Crippen molar-refractivity contribution in [2.45, 2.75) is 33.1 Å². The molecule has 0 fully saturated rings. The fourth-order valence-electron chi connectivity index (χ4n) is 4.09. The molecule has 0 spiro atoms. The molecule has 0 aliphatic heterocycles. The highest BCUT2D eigenvalue weighted by atomic mass is 19.1. The minimum Gasteiger partial charge on any atom is -0.494 e. The average Bonchev–Trinajstić information content (AvgIpc) is 3.01. The first kappa shape index (κ1) is 18.4. The average molecular weight is 378 g/mol. The number of nitrogens with zero attached hydrogens (tertiary/aromatic N) is 1. The summed E-state index contributed by atoms with van der Waals surface area (Å²) < 4.78 is 18.9. The number of ether oxygens (including phenoxy) is 1. The Morgan fingerprint density at radius 2 is 1.93 bits per heavy atom. The maximum absolute atomic E-state index is 13.8. The number of benzene rings is 1. The van der Waals surface area contributed by atoms with E-state index in [2.05, 4.69) is 23.8 Å². The Labute approximate surface area is 163 Å². The third-order valence-electron chi connectivity index (χ3n) is 5.32. The van der Waals surface area contributed by atoms with Crippen molar-refractivity contribution in [2.75, 3.05) is 7.11 Å². The van der Waals surface area contributed by atoms with E-state index >= 15 is 0 Å². The second-order valence-electron chi connectivity index (χ2n) is 8.15. The summed E-state index contributed by atoms with van der Waals surface area (Å²) in [5.74, 6) is -0.0266. The van der Waals surface area contributed by atoms with Crippen LogP contribution in [0.3, 0.4) is 0 Å². The van der Waals surface area contributed by atoms with E-state index in [0.29, 0.717) is 12.8 Å². The number of methoxy groups -OCH3 is 1. The van der Waals surface area contributed by atoms with E-state index in [1.165, 1.54) is 13.2 Å². The summed E-state index contributed by atoms with van der Waals surface area (Å²) >= 11 is 0. The Bertz CT molecular complexity index is 1040. The van der Waals surface area contributed by atoms with Crippen molar-refractivity contribution in [2.24, 2.45) is 5.41 Å². The smallest absolute Gasteiger partial charge is 0.165 e. The molecular weight excluding hydrogens is 355 g/mol. The highest BCUT2D eigenvalue weighted by molar-refractivity contribution is 6.02. The number of pyridine rings is 1. The molecule has 4 rings (SSSR count). The largest absolute Gasteiger partial charge is 0.494 e. The van der Waals surface area contributed by atoms with Crippen molar-refractivity contribution >= 4 is 5.78 Å². The maximum atomic E-state index is 13.8. The van der Waals surface area contributed by atoms with Gasteiger partial charge in [-0.2, -0.15) is 0 Å². The molecule has 0 amide bonds. The van der Waals surface area contributed by atoms with Crippen molar-refractivity contribution in [3.63, 3.8) is 0 Å². The molecule has 0 atom stereocenters. The molecule has 28 heavy (non-hydrogen) atoms.